The quantitative estimate of drug-likeness (QED) is 0.116. The maximum absolute atomic E-state index is 7.18. The Bertz CT molecular complexity index is 3640. The third-order valence-electron chi connectivity index (χ3n) is 13.6. The second-order valence-corrected chi connectivity index (χ2v) is 15.4. The summed E-state index contributed by atoms with van der Waals surface area (Å²) in [5.74, 6) is 1.71. The molecule has 2 spiro atoms. The Morgan fingerprint density at radius 3 is 2.00 bits per heavy atom. The van der Waals surface area contributed by atoms with Gasteiger partial charge in [0, 0.05) is 49.5 Å². The molecule has 9 heterocycles. The summed E-state index contributed by atoms with van der Waals surface area (Å²) in [5.41, 5.74) is 17.1. The topological polar surface area (TPSA) is 26.3 Å². The molecule has 6 nitrogen and oxygen atoms in total. The minimum Gasteiger partial charge on any atom is -0.412 e. The Balaban J connectivity index is 1.24. The molecule has 1 unspecified atom stereocenters. The van der Waals surface area contributed by atoms with Crippen molar-refractivity contribution in [2.75, 3.05) is 0 Å². The van der Waals surface area contributed by atoms with Crippen LogP contribution in [-0.2, 0) is 5.41 Å². The predicted octanol–water partition coefficient (Wildman–Crippen LogP) is 9.48. The van der Waals surface area contributed by atoms with E-state index in [9.17, 15) is 0 Å². The van der Waals surface area contributed by atoms with E-state index in [1.165, 1.54) is 99.3 Å². The molecular formula is C47H24N5O+3. The van der Waals surface area contributed by atoms with Crippen LogP contribution >= 0.6 is 0 Å². The minimum absolute atomic E-state index is 0.330. The van der Waals surface area contributed by atoms with E-state index < -0.39 is 5.41 Å². The minimum atomic E-state index is -0.527. The maximum Gasteiger partial charge on any atom is 0.355 e. The summed E-state index contributed by atoms with van der Waals surface area (Å²) in [6, 6.07) is 52.6. The highest BCUT2D eigenvalue weighted by molar-refractivity contribution is 6.24. The summed E-state index contributed by atoms with van der Waals surface area (Å²) < 4.78 is 17.6. The molecule has 1 atom stereocenters. The zero-order chi connectivity index (χ0) is 33.7. The van der Waals surface area contributed by atoms with Crippen molar-refractivity contribution < 1.29 is 14.1 Å². The molecule has 11 aromatic rings. The number of fused-ring (bicyclic) bond motifs is 10. The molecule has 240 valence electrons. The molecule has 0 radical (unpaired) electrons. The number of rotatable bonds is 0. The average molecular weight is 675 g/mol. The van der Waals surface area contributed by atoms with Crippen LogP contribution in [-0.4, -0.2) is 8.97 Å². The van der Waals surface area contributed by atoms with E-state index >= 15 is 0 Å². The first kappa shape index (κ1) is 25.0. The molecule has 0 saturated carbocycles. The highest BCUT2D eigenvalue weighted by Crippen LogP contribution is 2.65. The number of hydrogen-bond acceptors (Lipinski definition) is 1. The fourth-order valence-corrected chi connectivity index (χ4v) is 12.1. The number of nitrogens with zero attached hydrogens (tertiary/aromatic N) is 5. The molecule has 5 aliphatic rings. The second kappa shape index (κ2) is 7.46. The monoisotopic (exact) mass is 674 g/mol. The summed E-state index contributed by atoms with van der Waals surface area (Å²) in [7, 11) is 0. The SMILES string of the molecule is c1ccc2c(c1)-c1ccccc1C21c2ccc3c4c2-n2c5c1cccc5c1ccc[n+](c12)[N+]41c2cccc4c5cccc6c7ccc([n+]1c7n(c24)c56)O3. The fraction of sp³-hybridized carbons (Fsp3) is 0.0213. The first-order chi connectivity index (χ1) is 26.3. The molecule has 5 aromatic heterocycles. The molecule has 6 aromatic carbocycles. The van der Waals surface area contributed by atoms with Crippen molar-refractivity contribution in [1.29, 1.82) is 0 Å². The number of pyridine rings is 2. The van der Waals surface area contributed by atoms with Gasteiger partial charge in [-0.3, -0.25) is 0 Å². The van der Waals surface area contributed by atoms with Gasteiger partial charge in [0.05, 0.1) is 20.9 Å². The van der Waals surface area contributed by atoms with Crippen molar-refractivity contribution in [2.45, 2.75) is 5.41 Å². The lowest BCUT2D eigenvalue weighted by Gasteiger charge is -2.42. The Labute approximate surface area is 300 Å². The van der Waals surface area contributed by atoms with Crippen LogP contribution in [0, 0.1) is 0 Å². The highest BCUT2D eigenvalue weighted by Gasteiger charge is 2.68. The van der Waals surface area contributed by atoms with E-state index in [4.69, 9.17) is 4.74 Å². The van der Waals surface area contributed by atoms with Crippen LogP contribution in [0.15, 0.2) is 146 Å². The van der Waals surface area contributed by atoms with Crippen LogP contribution in [0.25, 0.3) is 77.0 Å². The van der Waals surface area contributed by atoms with Gasteiger partial charge in [-0.1, -0.05) is 72.8 Å². The van der Waals surface area contributed by atoms with Crippen molar-refractivity contribution >= 4 is 71.5 Å². The normalized spacial score (nSPS) is 18.2. The molecule has 6 heteroatoms. The Morgan fingerprint density at radius 1 is 0.509 bits per heavy atom. The van der Waals surface area contributed by atoms with Gasteiger partial charge in [0.1, 0.15) is 11.0 Å². The lowest BCUT2D eigenvalue weighted by molar-refractivity contribution is -1.02. The number of quaternary nitrogens is 1. The molecule has 1 aliphatic carbocycles. The predicted molar refractivity (Wildman–Crippen MR) is 205 cm³/mol. The van der Waals surface area contributed by atoms with Gasteiger partial charge in [0.15, 0.2) is 6.20 Å². The Morgan fingerprint density at radius 2 is 1.17 bits per heavy atom. The maximum atomic E-state index is 7.18. The summed E-state index contributed by atoms with van der Waals surface area (Å²) >= 11 is 0. The van der Waals surface area contributed by atoms with Crippen LogP contribution in [0.4, 0.5) is 11.4 Å². The van der Waals surface area contributed by atoms with Crippen LogP contribution in [0.2, 0.25) is 0 Å². The van der Waals surface area contributed by atoms with Crippen LogP contribution in [0.3, 0.4) is 0 Å². The van der Waals surface area contributed by atoms with Gasteiger partial charge in [-0.2, -0.15) is 8.97 Å². The lowest BCUT2D eigenvalue weighted by Crippen LogP contribution is -2.86. The van der Waals surface area contributed by atoms with Gasteiger partial charge in [-0.05, 0) is 81.5 Å². The van der Waals surface area contributed by atoms with E-state index in [0.717, 1.165) is 23.0 Å². The van der Waals surface area contributed by atoms with Gasteiger partial charge < -0.3 is 4.74 Å². The number of para-hydroxylation sites is 3. The van der Waals surface area contributed by atoms with E-state index in [1.54, 1.807) is 0 Å². The van der Waals surface area contributed by atoms with Crippen LogP contribution < -0.4 is 18.8 Å². The van der Waals surface area contributed by atoms with Gasteiger partial charge in [0.2, 0.25) is 17.0 Å². The van der Waals surface area contributed by atoms with Crippen molar-refractivity contribution in [1.82, 2.24) is 13.7 Å². The molecule has 16 rings (SSSR count). The van der Waals surface area contributed by atoms with E-state index in [-0.39, 0.29) is 0 Å². The average Bonchev–Trinajstić information content (AvgIpc) is 3.93. The molecule has 0 fully saturated rings. The van der Waals surface area contributed by atoms with Gasteiger partial charge in [0.25, 0.3) is 5.69 Å². The van der Waals surface area contributed by atoms with E-state index in [0.29, 0.717) is 4.70 Å². The lowest BCUT2D eigenvalue weighted by atomic mass is 9.65. The molecule has 4 aliphatic heterocycles. The fourth-order valence-electron chi connectivity index (χ4n) is 12.1. The van der Waals surface area contributed by atoms with Crippen molar-refractivity contribution in [3.8, 4) is 28.4 Å². The van der Waals surface area contributed by atoms with Crippen LogP contribution in [0.5, 0.6) is 11.6 Å². The molecule has 0 N–H and O–H groups in total. The smallest absolute Gasteiger partial charge is 0.355 e. The number of benzene rings is 6. The molecule has 0 amide bonds. The van der Waals surface area contributed by atoms with Gasteiger partial charge in [-0.15, -0.1) is 0 Å². The third kappa shape index (κ3) is 2.14. The summed E-state index contributed by atoms with van der Waals surface area (Å²) in [6.07, 6.45) is 2.30. The van der Waals surface area contributed by atoms with Crippen LogP contribution in [0.1, 0.15) is 22.3 Å². The van der Waals surface area contributed by atoms with Crippen molar-refractivity contribution in [3.63, 3.8) is 0 Å². The summed E-state index contributed by atoms with van der Waals surface area (Å²) in [5, 5.41) is 7.59. The summed E-state index contributed by atoms with van der Waals surface area (Å²) in [6.45, 7) is 0. The first-order valence-corrected chi connectivity index (χ1v) is 18.4. The summed E-state index contributed by atoms with van der Waals surface area (Å²) in [4.78, 5) is 0. The zero-order valence-electron chi connectivity index (χ0n) is 28.0. The van der Waals surface area contributed by atoms with Crippen molar-refractivity contribution in [3.05, 3.63) is 168 Å². The highest BCUT2D eigenvalue weighted by atomic mass is 16.5. The number of aromatic nitrogens is 4. The van der Waals surface area contributed by atoms with E-state index in [1.807, 2.05) is 0 Å². The largest absolute Gasteiger partial charge is 0.412 e. The zero-order valence-corrected chi connectivity index (χ0v) is 28.0. The number of hydrogen-bond donors (Lipinski definition) is 0. The Kier molecular flexibility index (Phi) is 3.52. The third-order valence-corrected chi connectivity index (χ3v) is 13.6. The van der Waals surface area contributed by atoms with E-state index in [2.05, 4.69) is 164 Å². The standard InChI is InChI=1S/C47H24N5O/c1-3-16-33-25(9-1)26-10-2-4-17-34(26)47(33)35-18-6-13-30-31-15-8-24-48-45(31)50(41(30)35)43-36(47)21-22-38-44(43)52(48)37-19-7-14-28-27-11-5-12-29-32-20-23-39(53-38)51(52)46(32)49(40(27)29)42(28)37/h1-24H/q+3. The molecule has 0 saturated heterocycles. The van der Waals surface area contributed by atoms with Gasteiger partial charge in [-0.25, -0.2) is 0 Å². The van der Waals surface area contributed by atoms with Crippen molar-refractivity contribution in [2.24, 2.45) is 0 Å². The molecule has 0 bridgehead atoms. The first-order valence-electron chi connectivity index (χ1n) is 18.4. The second-order valence-electron chi connectivity index (χ2n) is 15.4. The Hall–Kier alpha value is -7.02. The molecule has 53 heavy (non-hydrogen) atoms. The molecular weight excluding hydrogens is 651 g/mol. The van der Waals surface area contributed by atoms with Gasteiger partial charge >= 0.3 is 22.9 Å². The number of ether oxygens (including phenoxy) is 1.